The second-order valence-electron chi connectivity index (χ2n) is 7.50. The van der Waals surface area contributed by atoms with Crippen LogP contribution in [0.5, 0.6) is 0 Å². The van der Waals surface area contributed by atoms with Crippen LogP contribution in [0.25, 0.3) is 22.4 Å². The number of para-hydroxylation sites is 1. The number of nitrogens with zero attached hydrogens (tertiary/aromatic N) is 3. The van der Waals surface area contributed by atoms with E-state index in [-0.39, 0.29) is 11.9 Å². The summed E-state index contributed by atoms with van der Waals surface area (Å²) in [4.78, 5) is 18.0. The van der Waals surface area contributed by atoms with Gasteiger partial charge in [0.15, 0.2) is 6.10 Å². The summed E-state index contributed by atoms with van der Waals surface area (Å²) in [6, 6.07) is 17.2. The summed E-state index contributed by atoms with van der Waals surface area (Å²) in [5.74, 6) is 0.299. The van der Waals surface area contributed by atoms with E-state index < -0.39 is 6.10 Å². The molecular weight excluding hydrogens is 378 g/mol. The van der Waals surface area contributed by atoms with E-state index >= 15 is 0 Å². The van der Waals surface area contributed by atoms with Gasteiger partial charge in [-0.2, -0.15) is 0 Å². The number of rotatable bonds is 4. The Morgan fingerprint density at radius 1 is 1.00 bits per heavy atom. The van der Waals surface area contributed by atoms with Crippen LogP contribution in [0.15, 0.2) is 59.0 Å². The Kier molecular flexibility index (Phi) is 4.75. The molecule has 0 saturated heterocycles. The second-order valence-corrected chi connectivity index (χ2v) is 7.50. The lowest BCUT2D eigenvalue weighted by Crippen LogP contribution is -2.17. The highest BCUT2D eigenvalue weighted by molar-refractivity contribution is 6.05. The molecule has 2 heterocycles. The molecule has 0 N–H and O–H groups in total. The van der Waals surface area contributed by atoms with E-state index in [2.05, 4.69) is 10.2 Å². The van der Waals surface area contributed by atoms with Gasteiger partial charge in [-0.25, -0.2) is 4.79 Å². The fourth-order valence-corrected chi connectivity index (χ4v) is 3.97. The zero-order chi connectivity index (χ0) is 20.5. The molecule has 0 spiro atoms. The molecule has 6 heteroatoms. The minimum atomic E-state index is -0.659. The molecular formula is C24H21N3O3. The molecule has 30 heavy (non-hydrogen) atoms. The summed E-state index contributed by atoms with van der Waals surface area (Å²) >= 11 is 0. The topological polar surface area (TPSA) is 78.1 Å². The van der Waals surface area contributed by atoms with Crippen molar-refractivity contribution in [3.05, 3.63) is 77.3 Å². The van der Waals surface area contributed by atoms with Crippen LogP contribution in [0.4, 0.5) is 0 Å². The van der Waals surface area contributed by atoms with Crippen molar-refractivity contribution in [2.45, 2.75) is 38.7 Å². The molecule has 150 valence electrons. The first kappa shape index (κ1) is 18.5. The van der Waals surface area contributed by atoms with Gasteiger partial charge in [0, 0.05) is 16.6 Å². The number of ether oxygens (including phenoxy) is 1. The normalized spacial score (nSPS) is 14.3. The highest BCUT2D eigenvalue weighted by Gasteiger charge is 2.26. The Labute approximate surface area is 173 Å². The summed E-state index contributed by atoms with van der Waals surface area (Å²) in [5.41, 5.74) is 4.27. The third-order valence-electron chi connectivity index (χ3n) is 5.47. The van der Waals surface area contributed by atoms with Crippen molar-refractivity contribution >= 4 is 16.9 Å². The highest BCUT2D eigenvalue weighted by atomic mass is 16.6. The van der Waals surface area contributed by atoms with E-state index in [0.29, 0.717) is 11.5 Å². The van der Waals surface area contributed by atoms with E-state index in [1.807, 2.05) is 54.6 Å². The molecule has 0 aliphatic heterocycles. The minimum absolute atomic E-state index is 0.273. The van der Waals surface area contributed by atoms with Gasteiger partial charge in [-0.1, -0.05) is 36.4 Å². The quantitative estimate of drug-likeness (QED) is 0.445. The molecule has 1 aliphatic rings. The number of pyridine rings is 1. The minimum Gasteiger partial charge on any atom is -0.449 e. The van der Waals surface area contributed by atoms with Crippen molar-refractivity contribution in [1.82, 2.24) is 15.2 Å². The molecule has 2 aromatic carbocycles. The average Bonchev–Trinajstić information content (AvgIpc) is 3.28. The lowest BCUT2D eigenvalue weighted by Gasteiger charge is -2.20. The van der Waals surface area contributed by atoms with Crippen LogP contribution in [-0.4, -0.2) is 21.2 Å². The number of fused-ring (bicyclic) bond motifs is 2. The van der Waals surface area contributed by atoms with Crippen molar-refractivity contribution in [2.75, 3.05) is 0 Å². The third-order valence-corrected chi connectivity index (χ3v) is 5.47. The molecule has 4 aromatic rings. The predicted octanol–water partition coefficient (Wildman–Crippen LogP) is 5.08. The molecule has 6 nitrogen and oxygen atoms in total. The van der Waals surface area contributed by atoms with E-state index in [9.17, 15) is 4.79 Å². The van der Waals surface area contributed by atoms with Crippen LogP contribution < -0.4 is 0 Å². The van der Waals surface area contributed by atoms with Gasteiger partial charge in [0.25, 0.3) is 5.89 Å². The number of aromatic nitrogens is 3. The smallest absolute Gasteiger partial charge is 0.339 e. The number of benzene rings is 2. The largest absolute Gasteiger partial charge is 0.449 e. The van der Waals surface area contributed by atoms with Crippen molar-refractivity contribution in [3.8, 4) is 11.5 Å². The maximum Gasteiger partial charge on any atom is 0.339 e. The molecule has 0 bridgehead atoms. The van der Waals surface area contributed by atoms with E-state index in [1.165, 1.54) is 0 Å². The SMILES string of the molecule is C[C@H](OC(=O)c1c2c(nc3ccccc13)CCCC2)c1nnc(-c2ccccc2)o1. The molecule has 2 aromatic heterocycles. The lowest BCUT2D eigenvalue weighted by molar-refractivity contribution is 0.0280. The second kappa shape index (κ2) is 7.71. The summed E-state index contributed by atoms with van der Waals surface area (Å²) in [5, 5.41) is 9.00. The van der Waals surface area contributed by atoms with Crippen LogP contribution in [0.2, 0.25) is 0 Å². The molecule has 1 aliphatic carbocycles. The number of esters is 1. The average molecular weight is 399 g/mol. The molecule has 0 fully saturated rings. The highest BCUT2D eigenvalue weighted by Crippen LogP contribution is 2.31. The molecule has 1 atom stereocenters. The van der Waals surface area contributed by atoms with Gasteiger partial charge in [0.05, 0.1) is 11.1 Å². The van der Waals surface area contributed by atoms with Crippen LogP contribution in [-0.2, 0) is 17.6 Å². The molecule has 0 saturated carbocycles. The van der Waals surface area contributed by atoms with Gasteiger partial charge in [0.2, 0.25) is 5.89 Å². The molecule has 0 unspecified atom stereocenters. The lowest BCUT2D eigenvalue weighted by atomic mass is 9.90. The first-order chi connectivity index (χ1) is 14.7. The van der Waals surface area contributed by atoms with Crippen molar-refractivity contribution < 1.29 is 13.9 Å². The molecule has 5 rings (SSSR count). The molecule has 0 radical (unpaired) electrons. The maximum atomic E-state index is 13.3. The van der Waals surface area contributed by atoms with E-state index in [4.69, 9.17) is 14.1 Å². The number of aryl methyl sites for hydroxylation is 1. The van der Waals surface area contributed by atoms with Gasteiger partial charge < -0.3 is 9.15 Å². The Hall–Kier alpha value is -3.54. The van der Waals surface area contributed by atoms with Gasteiger partial charge in [-0.05, 0) is 56.4 Å². The number of carbonyl (C=O) groups excluding carboxylic acids is 1. The fourth-order valence-electron chi connectivity index (χ4n) is 3.97. The Bertz CT molecular complexity index is 1220. The van der Waals surface area contributed by atoms with Gasteiger partial charge in [-0.15, -0.1) is 10.2 Å². The standard InChI is InChI=1S/C24H21N3O3/c1-15(22-26-27-23(30-22)16-9-3-2-4-10-16)29-24(28)21-17-11-5-7-13-19(17)25-20-14-8-6-12-18(20)21/h2-5,7,9-11,13,15H,6,8,12,14H2,1H3/t15-/m0/s1. The predicted molar refractivity (Wildman–Crippen MR) is 112 cm³/mol. The van der Waals surface area contributed by atoms with Crippen LogP contribution in [0.1, 0.15) is 53.4 Å². The van der Waals surface area contributed by atoms with Gasteiger partial charge >= 0.3 is 5.97 Å². The first-order valence-electron chi connectivity index (χ1n) is 10.2. The van der Waals surface area contributed by atoms with E-state index in [1.54, 1.807) is 6.92 Å². The van der Waals surface area contributed by atoms with Crippen molar-refractivity contribution in [3.63, 3.8) is 0 Å². The van der Waals surface area contributed by atoms with Crippen LogP contribution in [0, 0.1) is 0 Å². The maximum absolute atomic E-state index is 13.3. The number of hydrogen-bond acceptors (Lipinski definition) is 6. The zero-order valence-electron chi connectivity index (χ0n) is 16.7. The first-order valence-corrected chi connectivity index (χ1v) is 10.2. The summed E-state index contributed by atoms with van der Waals surface area (Å²) in [6.07, 6.45) is 3.21. The molecule has 0 amide bonds. The van der Waals surface area contributed by atoms with Gasteiger partial charge in [-0.3, -0.25) is 4.98 Å². The van der Waals surface area contributed by atoms with Gasteiger partial charge in [0.1, 0.15) is 0 Å². The fraction of sp³-hybridized carbons (Fsp3) is 0.250. The Balaban J connectivity index is 1.46. The van der Waals surface area contributed by atoms with Crippen LogP contribution >= 0.6 is 0 Å². The summed E-state index contributed by atoms with van der Waals surface area (Å²) in [7, 11) is 0. The van der Waals surface area contributed by atoms with Crippen molar-refractivity contribution in [1.29, 1.82) is 0 Å². The van der Waals surface area contributed by atoms with Crippen LogP contribution in [0.3, 0.4) is 0 Å². The monoisotopic (exact) mass is 399 g/mol. The number of carbonyl (C=O) groups is 1. The summed E-state index contributed by atoms with van der Waals surface area (Å²) in [6.45, 7) is 1.75. The third kappa shape index (κ3) is 3.34. The zero-order valence-corrected chi connectivity index (χ0v) is 16.7. The Morgan fingerprint density at radius 2 is 1.77 bits per heavy atom. The number of hydrogen-bond donors (Lipinski definition) is 0. The van der Waals surface area contributed by atoms with Crippen molar-refractivity contribution in [2.24, 2.45) is 0 Å². The van der Waals surface area contributed by atoms with E-state index in [0.717, 1.165) is 53.4 Å². The summed E-state index contributed by atoms with van der Waals surface area (Å²) < 4.78 is 11.5. The Morgan fingerprint density at radius 3 is 2.63 bits per heavy atom.